The van der Waals surface area contributed by atoms with Gasteiger partial charge in [-0.15, -0.1) is 5.10 Å². The van der Waals surface area contributed by atoms with Gasteiger partial charge < -0.3 is 10.3 Å². The van der Waals surface area contributed by atoms with Crippen LogP contribution >= 0.6 is 0 Å². The molecule has 4 rings (SSSR count). The lowest BCUT2D eigenvalue weighted by Gasteiger charge is -2.10. The second-order valence-electron chi connectivity index (χ2n) is 6.28. The van der Waals surface area contributed by atoms with Crippen LogP contribution in [0.25, 0.3) is 28.4 Å². The van der Waals surface area contributed by atoms with Crippen LogP contribution in [0, 0.1) is 6.92 Å². The molecular formula is C17H18N8O2S. The Bertz CT molecular complexity index is 1310. The zero-order valence-corrected chi connectivity index (χ0v) is 16.3. The molecule has 4 aromatic heterocycles. The molecule has 2 N–H and O–H groups in total. The average molecular weight is 398 g/mol. The van der Waals surface area contributed by atoms with E-state index in [0.717, 1.165) is 11.2 Å². The fourth-order valence-corrected chi connectivity index (χ4v) is 3.94. The van der Waals surface area contributed by atoms with Crippen LogP contribution in [0.1, 0.15) is 12.6 Å². The van der Waals surface area contributed by atoms with Crippen molar-refractivity contribution < 1.29 is 8.42 Å². The summed E-state index contributed by atoms with van der Waals surface area (Å²) in [4.78, 5) is 17.4. The number of anilines is 1. The summed E-state index contributed by atoms with van der Waals surface area (Å²) in [5.74, 6) is 0.847. The number of nitrogens with zero attached hydrogens (tertiary/aromatic N) is 7. The molecule has 0 aliphatic heterocycles. The predicted molar refractivity (Wildman–Crippen MR) is 104 cm³/mol. The van der Waals surface area contributed by atoms with Crippen molar-refractivity contribution in [3.8, 4) is 17.3 Å². The molecule has 0 bridgehead atoms. The third kappa shape index (κ3) is 2.89. The SMILES string of the molecule is CCS(=O)(=O)c1ccc(-n2cnc(N)n2)nc1-c1nc2cc(C)ncc2n1C. The molecule has 0 atom stereocenters. The van der Waals surface area contributed by atoms with Crippen molar-refractivity contribution in [2.24, 2.45) is 7.05 Å². The van der Waals surface area contributed by atoms with Gasteiger partial charge in [0.05, 0.1) is 27.9 Å². The normalized spacial score (nSPS) is 12.0. The van der Waals surface area contributed by atoms with E-state index in [4.69, 9.17) is 5.73 Å². The summed E-state index contributed by atoms with van der Waals surface area (Å²) in [6.07, 6.45) is 3.12. The van der Waals surface area contributed by atoms with E-state index in [2.05, 4.69) is 25.0 Å². The van der Waals surface area contributed by atoms with E-state index in [1.54, 1.807) is 30.8 Å². The summed E-state index contributed by atoms with van der Waals surface area (Å²) in [6.45, 7) is 3.46. The van der Waals surface area contributed by atoms with Crippen molar-refractivity contribution in [3.05, 3.63) is 36.4 Å². The highest BCUT2D eigenvalue weighted by Gasteiger charge is 2.24. The highest BCUT2D eigenvalue weighted by molar-refractivity contribution is 7.91. The average Bonchev–Trinajstić information content (AvgIpc) is 3.24. The maximum Gasteiger partial charge on any atom is 0.239 e. The number of rotatable bonds is 4. The Hall–Kier alpha value is -3.34. The second-order valence-corrected chi connectivity index (χ2v) is 8.52. The Balaban J connectivity index is 2.01. The lowest BCUT2D eigenvalue weighted by molar-refractivity contribution is 0.597. The van der Waals surface area contributed by atoms with Crippen LogP contribution in [0.4, 0.5) is 5.95 Å². The second kappa shape index (κ2) is 6.37. The van der Waals surface area contributed by atoms with Gasteiger partial charge in [-0.2, -0.15) is 0 Å². The smallest absolute Gasteiger partial charge is 0.239 e. The van der Waals surface area contributed by atoms with Crippen LogP contribution in [-0.4, -0.2) is 48.5 Å². The summed E-state index contributed by atoms with van der Waals surface area (Å²) in [5.41, 5.74) is 8.13. The van der Waals surface area contributed by atoms with Crippen molar-refractivity contribution in [1.29, 1.82) is 0 Å². The molecule has 0 spiro atoms. The summed E-state index contributed by atoms with van der Waals surface area (Å²) in [6, 6.07) is 4.92. The van der Waals surface area contributed by atoms with Crippen LogP contribution in [0.3, 0.4) is 0 Å². The van der Waals surface area contributed by atoms with Gasteiger partial charge in [0.15, 0.2) is 21.5 Å². The van der Waals surface area contributed by atoms with E-state index >= 15 is 0 Å². The molecule has 11 heteroatoms. The first-order valence-electron chi connectivity index (χ1n) is 8.51. The Labute approximate surface area is 161 Å². The van der Waals surface area contributed by atoms with Crippen molar-refractivity contribution >= 4 is 26.8 Å². The first kappa shape index (κ1) is 18.0. The molecule has 10 nitrogen and oxygen atoms in total. The fourth-order valence-electron chi connectivity index (χ4n) is 2.92. The Kier molecular flexibility index (Phi) is 4.11. The number of aromatic nitrogens is 7. The van der Waals surface area contributed by atoms with Crippen molar-refractivity contribution in [1.82, 2.24) is 34.3 Å². The van der Waals surface area contributed by atoms with Crippen LogP contribution in [0.5, 0.6) is 0 Å². The Morgan fingerprint density at radius 1 is 1.18 bits per heavy atom. The van der Waals surface area contributed by atoms with E-state index < -0.39 is 9.84 Å². The van der Waals surface area contributed by atoms with Gasteiger partial charge in [-0.05, 0) is 25.1 Å². The topological polar surface area (TPSA) is 134 Å². The summed E-state index contributed by atoms with van der Waals surface area (Å²) in [7, 11) is -1.74. The predicted octanol–water partition coefficient (Wildman–Crippen LogP) is 1.30. The van der Waals surface area contributed by atoms with Gasteiger partial charge in [0.25, 0.3) is 0 Å². The van der Waals surface area contributed by atoms with E-state index in [1.807, 2.05) is 13.0 Å². The molecule has 0 amide bonds. The molecule has 0 aliphatic carbocycles. The van der Waals surface area contributed by atoms with Gasteiger partial charge in [0.1, 0.15) is 12.0 Å². The maximum absolute atomic E-state index is 12.7. The first-order valence-corrected chi connectivity index (χ1v) is 10.2. The standard InChI is InChI=1S/C17H18N8O2S/c1-4-28(26,27)13-5-6-14(25-9-20-17(18)23-25)22-15(13)16-21-11-7-10(2)19-8-12(11)24(16)3/h5-9H,4H2,1-3H3,(H2,18,23). The first-order chi connectivity index (χ1) is 13.3. The maximum atomic E-state index is 12.7. The summed E-state index contributed by atoms with van der Waals surface area (Å²) in [5, 5.41) is 4.04. The molecule has 0 saturated heterocycles. The van der Waals surface area contributed by atoms with E-state index in [0.29, 0.717) is 17.2 Å². The monoisotopic (exact) mass is 398 g/mol. The zero-order chi connectivity index (χ0) is 20.1. The van der Waals surface area contributed by atoms with Crippen molar-refractivity contribution in [2.75, 3.05) is 11.5 Å². The number of nitrogens with two attached hydrogens (primary N) is 1. The Morgan fingerprint density at radius 2 is 1.96 bits per heavy atom. The molecule has 0 unspecified atom stereocenters. The minimum absolute atomic E-state index is 0.0537. The lowest BCUT2D eigenvalue weighted by atomic mass is 10.3. The largest absolute Gasteiger partial charge is 0.366 e. The van der Waals surface area contributed by atoms with Crippen LogP contribution in [0.2, 0.25) is 0 Å². The quantitative estimate of drug-likeness (QED) is 0.543. The third-order valence-corrected chi connectivity index (χ3v) is 6.18. The molecule has 4 heterocycles. The van der Waals surface area contributed by atoms with Crippen LogP contribution in [0.15, 0.2) is 35.6 Å². The van der Waals surface area contributed by atoms with Crippen LogP contribution < -0.4 is 5.73 Å². The summed E-state index contributed by atoms with van der Waals surface area (Å²) >= 11 is 0. The highest BCUT2D eigenvalue weighted by atomic mass is 32.2. The number of hydrogen-bond acceptors (Lipinski definition) is 8. The molecule has 28 heavy (non-hydrogen) atoms. The van der Waals surface area contributed by atoms with Gasteiger partial charge in [-0.25, -0.2) is 28.1 Å². The van der Waals surface area contributed by atoms with E-state index in [-0.39, 0.29) is 22.3 Å². The zero-order valence-electron chi connectivity index (χ0n) is 15.5. The van der Waals surface area contributed by atoms with Gasteiger partial charge in [-0.3, -0.25) is 4.98 Å². The van der Waals surface area contributed by atoms with E-state index in [9.17, 15) is 8.42 Å². The van der Waals surface area contributed by atoms with Crippen molar-refractivity contribution in [2.45, 2.75) is 18.7 Å². The van der Waals surface area contributed by atoms with Gasteiger partial charge >= 0.3 is 0 Å². The molecule has 0 radical (unpaired) electrons. The van der Waals surface area contributed by atoms with Crippen molar-refractivity contribution in [3.63, 3.8) is 0 Å². The van der Waals surface area contributed by atoms with Gasteiger partial charge in [0.2, 0.25) is 5.95 Å². The minimum Gasteiger partial charge on any atom is -0.366 e. The Morgan fingerprint density at radius 3 is 2.64 bits per heavy atom. The van der Waals surface area contributed by atoms with Gasteiger partial charge in [-0.1, -0.05) is 6.92 Å². The number of nitrogen functional groups attached to an aromatic ring is 1. The molecule has 4 aromatic rings. The number of aryl methyl sites for hydroxylation is 2. The highest BCUT2D eigenvalue weighted by Crippen LogP contribution is 2.29. The third-order valence-electron chi connectivity index (χ3n) is 4.42. The number of sulfone groups is 1. The molecule has 0 fully saturated rings. The van der Waals surface area contributed by atoms with Crippen LogP contribution in [-0.2, 0) is 16.9 Å². The number of fused-ring (bicyclic) bond motifs is 1. The molecule has 0 aromatic carbocycles. The number of pyridine rings is 2. The summed E-state index contributed by atoms with van der Waals surface area (Å²) < 4.78 is 28.5. The molecule has 144 valence electrons. The fraction of sp³-hybridized carbons (Fsp3) is 0.235. The lowest BCUT2D eigenvalue weighted by Crippen LogP contribution is -2.11. The van der Waals surface area contributed by atoms with Gasteiger partial charge in [0, 0.05) is 12.7 Å². The molecule has 0 aliphatic rings. The molecule has 0 saturated carbocycles. The number of hydrogen-bond donors (Lipinski definition) is 1. The minimum atomic E-state index is -3.53. The number of imidazole rings is 1. The van der Waals surface area contributed by atoms with E-state index in [1.165, 1.54) is 17.1 Å². The molecular weight excluding hydrogens is 380 g/mol.